The zero-order valence-corrected chi connectivity index (χ0v) is 22.7. The highest BCUT2D eigenvalue weighted by Crippen LogP contribution is 2.43. The molecule has 1 saturated heterocycles. The number of Topliss-reactive ketones (excluding diaryl/α,β-unsaturated/α-hetero) is 1. The quantitative estimate of drug-likeness (QED) is 0.214. The maximum atomic E-state index is 13.5. The van der Waals surface area contributed by atoms with Crippen LogP contribution in [-0.2, 0) is 16.1 Å². The summed E-state index contributed by atoms with van der Waals surface area (Å²) in [7, 11) is 0. The molecule has 3 aromatic rings. The Labute approximate surface area is 232 Å². The Balaban J connectivity index is 1.56. The number of amides is 1. The first kappa shape index (κ1) is 27.1. The summed E-state index contributed by atoms with van der Waals surface area (Å²) in [5, 5.41) is 11.5. The maximum absolute atomic E-state index is 13.5. The molecule has 2 aliphatic rings. The third-order valence-electron chi connectivity index (χ3n) is 6.78. The molecular formula is C30H33N3O7. The molecule has 1 N–H and O–H groups in total. The number of hydrogen-bond acceptors (Lipinski definition) is 8. The molecule has 1 atom stereocenters. The minimum Gasteiger partial charge on any atom is -0.507 e. The van der Waals surface area contributed by atoms with Crippen molar-refractivity contribution in [2.24, 2.45) is 0 Å². The summed E-state index contributed by atoms with van der Waals surface area (Å²) >= 11 is 0. The average Bonchev–Trinajstić information content (AvgIpc) is 3.58. The first-order valence-electron chi connectivity index (χ1n) is 13.6. The minimum atomic E-state index is -0.824. The Kier molecular flexibility index (Phi) is 8.23. The molecular weight excluding hydrogens is 514 g/mol. The Morgan fingerprint density at radius 1 is 1.02 bits per heavy atom. The largest absolute Gasteiger partial charge is 0.507 e. The van der Waals surface area contributed by atoms with Crippen LogP contribution in [0.2, 0.25) is 0 Å². The first-order chi connectivity index (χ1) is 19.5. The number of fused-ring (bicyclic) bond motifs is 1. The number of aromatic nitrogens is 2. The number of ether oxygens (including phenoxy) is 4. The second-order valence-electron chi connectivity index (χ2n) is 9.49. The topological polar surface area (TPSA) is 112 Å². The number of imidazole rings is 1. The molecule has 5 rings (SSSR count). The Morgan fingerprint density at radius 2 is 1.85 bits per heavy atom. The number of aliphatic hydroxyl groups is 1. The van der Waals surface area contributed by atoms with E-state index in [2.05, 4.69) is 4.98 Å². The zero-order valence-electron chi connectivity index (χ0n) is 22.7. The second kappa shape index (κ2) is 12.1. The van der Waals surface area contributed by atoms with Crippen molar-refractivity contribution in [2.45, 2.75) is 39.3 Å². The van der Waals surface area contributed by atoms with Crippen molar-refractivity contribution in [1.29, 1.82) is 0 Å². The lowest BCUT2D eigenvalue weighted by Crippen LogP contribution is -2.31. The van der Waals surface area contributed by atoms with E-state index in [1.165, 1.54) is 4.90 Å². The number of aliphatic hydroxyl groups excluding tert-OH is 1. The van der Waals surface area contributed by atoms with Crippen molar-refractivity contribution >= 4 is 17.4 Å². The SMILES string of the molecule is CCCOc1ccc([C@@H]2/C(=C(\O)c3ccc4c(c3)OCCO4)C(=O)C(=O)N2CCCn2ccnc2)cc1OCC. The van der Waals surface area contributed by atoms with Crippen LogP contribution in [0.4, 0.5) is 0 Å². The highest BCUT2D eigenvalue weighted by molar-refractivity contribution is 6.46. The fraction of sp³-hybridized carbons (Fsp3) is 0.367. The van der Waals surface area contributed by atoms with Crippen LogP contribution in [0.5, 0.6) is 23.0 Å². The van der Waals surface area contributed by atoms with Crippen molar-refractivity contribution in [3.05, 3.63) is 71.8 Å². The molecule has 210 valence electrons. The normalized spacial score (nSPS) is 17.8. The molecule has 1 fully saturated rings. The van der Waals surface area contributed by atoms with E-state index in [-0.39, 0.29) is 11.3 Å². The predicted octanol–water partition coefficient (Wildman–Crippen LogP) is 4.35. The van der Waals surface area contributed by atoms with Crippen molar-refractivity contribution < 1.29 is 33.6 Å². The van der Waals surface area contributed by atoms with Crippen LogP contribution in [0, 0.1) is 0 Å². The lowest BCUT2D eigenvalue weighted by atomic mass is 9.94. The van der Waals surface area contributed by atoms with E-state index in [1.54, 1.807) is 42.9 Å². The number of carbonyl (C=O) groups is 2. The zero-order chi connectivity index (χ0) is 28.1. The molecule has 2 aliphatic heterocycles. The molecule has 2 aromatic carbocycles. The summed E-state index contributed by atoms with van der Waals surface area (Å²) in [4.78, 5) is 32.4. The van der Waals surface area contributed by atoms with Gasteiger partial charge in [-0.2, -0.15) is 0 Å². The Bertz CT molecular complexity index is 1400. The van der Waals surface area contributed by atoms with Gasteiger partial charge < -0.3 is 33.5 Å². The van der Waals surface area contributed by atoms with Gasteiger partial charge in [-0.15, -0.1) is 0 Å². The summed E-state index contributed by atoms with van der Waals surface area (Å²) in [6, 6.07) is 9.52. The van der Waals surface area contributed by atoms with E-state index in [0.717, 1.165) is 6.42 Å². The minimum absolute atomic E-state index is 0.00832. The predicted molar refractivity (Wildman–Crippen MR) is 147 cm³/mol. The fourth-order valence-electron chi connectivity index (χ4n) is 4.94. The number of carbonyl (C=O) groups excluding carboxylic acids is 2. The number of ketones is 1. The van der Waals surface area contributed by atoms with E-state index in [0.29, 0.717) is 80.1 Å². The van der Waals surface area contributed by atoms with Gasteiger partial charge in [0.2, 0.25) is 0 Å². The highest BCUT2D eigenvalue weighted by Gasteiger charge is 2.46. The van der Waals surface area contributed by atoms with Crippen LogP contribution in [0.1, 0.15) is 43.9 Å². The number of rotatable bonds is 11. The monoisotopic (exact) mass is 547 g/mol. The molecule has 3 heterocycles. The Morgan fingerprint density at radius 3 is 2.60 bits per heavy atom. The van der Waals surface area contributed by atoms with Crippen molar-refractivity contribution in [2.75, 3.05) is 33.0 Å². The standard InChI is InChI=1S/C30H33N3O7/c1-3-14-38-22-8-6-20(17-24(22)37-4-2)27-26(28(34)21-7-9-23-25(18-21)40-16-15-39-23)29(35)30(36)33(27)12-5-11-32-13-10-31-19-32/h6-10,13,17-19,27,34H,3-5,11-12,14-16H2,1-2H3/b28-26+/t27-/m1/s1. The number of aryl methyl sites for hydroxylation is 1. The van der Waals surface area contributed by atoms with E-state index in [9.17, 15) is 14.7 Å². The van der Waals surface area contributed by atoms with E-state index < -0.39 is 17.7 Å². The first-order valence-corrected chi connectivity index (χ1v) is 13.6. The van der Waals surface area contributed by atoms with Gasteiger partial charge in [-0.1, -0.05) is 13.0 Å². The van der Waals surface area contributed by atoms with Crippen LogP contribution in [0.15, 0.2) is 60.7 Å². The van der Waals surface area contributed by atoms with Crippen molar-refractivity contribution in [3.8, 4) is 23.0 Å². The fourth-order valence-corrected chi connectivity index (χ4v) is 4.94. The summed E-state index contributed by atoms with van der Waals surface area (Å²) in [6.07, 6.45) is 6.66. The molecule has 0 radical (unpaired) electrons. The van der Waals surface area contributed by atoms with Crippen LogP contribution in [0.3, 0.4) is 0 Å². The van der Waals surface area contributed by atoms with Crippen LogP contribution in [-0.4, -0.2) is 64.2 Å². The second-order valence-corrected chi connectivity index (χ2v) is 9.49. The van der Waals surface area contributed by atoms with Crippen LogP contribution in [0.25, 0.3) is 5.76 Å². The van der Waals surface area contributed by atoms with Gasteiger partial charge in [-0.25, -0.2) is 4.98 Å². The molecule has 40 heavy (non-hydrogen) atoms. The number of nitrogens with zero attached hydrogens (tertiary/aromatic N) is 3. The van der Waals surface area contributed by atoms with Gasteiger partial charge >= 0.3 is 0 Å². The lowest BCUT2D eigenvalue weighted by Gasteiger charge is -2.26. The van der Waals surface area contributed by atoms with Gasteiger partial charge in [-0.05, 0) is 55.7 Å². The molecule has 0 spiro atoms. The van der Waals surface area contributed by atoms with Crippen LogP contribution < -0.4 is 18.9 Å². The summed E-state index contributed by atoms with van der Waals surface area (Å²) in [5.41, 5.74) is 1.00. The van der Waals surface area contributed by atoms with Gasteiger partial charge in [0.25, 0.3) is 11.7 Å². The van der Waals surface area contributed by atoms with E-state index in [4.69, 9.17) is 18.9 Å². The molecule has 0 bridgehead atoms. The van der Waals surface area contributed by atoms with Gasteiger partial charge in [-0.3, -0.25) is 9.59 Å². The van der Waals surface area contributed by atoms with E-state index in [1.807, 2.05) is 30.7 Å². The molecule has 0 aliphatic carbocycles. The lowest BCUT2D eigenvalue weighted by molar-refractivity contribution is -0.139. The van der Waals surface area contributed by atoms with E-state index >= 15 is 0 Å². The van der Waals surface area contributed by atoms with Crippen LogP contribution >= 0.6 is 0 Å². The number of benzene rings is 2. The Hall–Kier alpha value is -4.47. The van der Waals surface area contributed by atoms with Gasteiger partial charge in [0, 0.05) is 31.0 Å². The average molecular weight is 548 g/mol. The van der Waals surface area contributed by atoms with Crippen molar-refractivity contribution in [3.63, 3.8) is 0 Å². The van der Waals surface area contributed by atoms with Gasteiger partial charge in [0.15, 0.2) is 23.0 Å². The van der Waals surface area contributed by atoms with Crippen molar-refractivity contribution in [1.82, 2.24) is 14.5 Å². The van der Waals surface area contributed by atoms with Gasteiger partial charge in [0.1, 0.15) is 19.0 Å². The molecule has 1 aromatic heterocycles. The molecule has 0 unspecified atom stereocenters. The number of likely N-dealkylation sites (tertiary alicyclic amines) is 1. The summed E-state index contributed by atoms with van der Waals surface area (Å²) in [6.45, 7) is 6.55. The summed E-state index contributed by atoms with van der Waals surface area (Å²) < 4.78 is 24.9. The third-order valence-corrected chi connectivity index (χ3v) is 6.78. The molecule has 0 saturated carbocycles. The van der Waals surface area contributed by atoms with Gasteiger partial charge in [0.05, 0.1) is 31.2 Å². The molecule has 10 nitrogen and oxygen atoms in total. The summed E-state index contributed by atoms with van der Waals surface area (Å²) in [5.74, 6) is 0.430. The third kappa shape index (κ3) is 5.47. The molecule has 10 heteroatoms. The smallest absolute Gasteiger partial charge is 0.295 e. The molecule has 1 amide bonds. The maximum Gasteiger partial charge on any atom is 0.295 e. The highest BCUT2D eigenvalue weighted by atomic mass is 16.6. The number of hydrogen-bond donors (Lipinski definition) is 1.